The monoisotopic (exact) mass is 292 g/mol. The van der Waals surface area contributed by atoms with Gasteiger partial charge in [0.05, 0.1) is 24.3 Å². The predicted molar refractivity (Wildman–Crippen MR) is 74.1 cm³/mol. The van der Waals surface area contributed by atoms with Gasteiger partial charge in [0.2, 0.25) is 0 Å². The number of carboxylic acids is 1. The van der Waals surface area contributed by atoms with Crippen molar-refractivity contribution in [2.75, 3.05) is 25.5 Å². The first-order chi connectivity index (χ1) is 10.0. The molecule has 0 aromatic heterocycles. The molecule has 0 saturated carbocycles. The molecule has 21 heavy (non-hydrogen) atoms. The number of carboxylic acid groups (broad SMARTS) is 1. The number of urea groups is 1. The number of amides is 2. The Labute approximate surface area is 121 Å². The highest BCUT2D eigenvalue weighted by Gasteiger charge is 2.31. The van der Waals surface area contributed by atoms with Gasteiger partial charge in [-0.2, -0.15) is 0 Å². The highest BCUT2D eigenvalue weighted by Crippen LogP contribution is 2.20. The van der Waals surface area contributed by atoms with Gasteiger partial charge in [0.15, 0.2) is 0 Å². The van der Waals surface area contributed by atoms with Crippen molar-refractivity contribution < 1.29 is 24.2 Å². The van der Waals surface area contributed by atoms with Crippen LogP contribution in [0.3, 0.4) is 0 Å². The topological polar surface area (TPSA) is 95.9 Å². The zero-order valence-corrected chi connectivity index (χ0v) is 11.5. The standard InChI is InChI=1S/C14H16N2O5/c1-21-13(19)10-4-2-3-5-11(10)15-14(20)16-7-6-9(8-16)12(17)18/h2-5,9H,6-8H2,1H3,(H,15,20)(H,17,18). The Morgan fingerprint density at radius 3 is 2.67 bits per heavy atom. The summed E-state index contributed by atoms with van der Waals surface area (Å²) in [5.41, 5.74) is 0.593. The van der Waals surface area contributed by atoms with E-state index in [0.29, 0.717) is 18.7 Å². The third-order valence-corrected chi connectivity index (χ3v) is 3.40. The summed E-state index contributed by atoms with van der Waals surface area (Å²) in [5, 5.41) is 11.6. The number of hydrogen-bond acceptors (Lipinski definition) is 4. The lowest BCUT2D eigenvalue weighted by molar-refractivity contribution is -0.141. The molecular weight excluding hydrogens is 276 g/mol. The number of esters is 1. The molecule has 7 heteroatoms. The number of carbonyl (C=O) groups is 3. The fourth-order valence-electron chi connectivity index (χ4n) is 2.22. The van der Waals surface area contributed by atoms with Gasteiger partial charge >= 0.3 is 18.0 Å². The van der Waals surface area contributed by atoms with Gasteiger partial charge < -0.3 is 20.1 Å². The number of ether oxygens (including phenoxy) is 1. The molecule has 7 nitrogen and oxygen atoms in total. The Morgan fingerprint density at radius 2 is 2.05 bits per heavy atom. The van der Waals surface area contributed by atoms with Crippen molar-refractivity contribution in [3.8, 4) is 0 Å². The Hall–Kier alpha value is -2.57. The average Bonchev–Trinajstić information content (AvgIpc) is 2.97. The first-order valence-corrected chi connectivity index (χ1v) is 6.49. The summed E-state index contributed by atoms with van der Waals surface area (Å²) in [4.78, 5) is 36.0. The maximum Gasteiger partial charge on any atom is 0.339 e. The number of anilines is 1. The van der Waals surface area contributed by atoms with Crippen LogP contribution < -0.4 is 5.32 Å². The van der Waals surface area contributed by atoms with Gasteiger partial charge in [0.1, 0.15) is 0 Å². The molecule has 1 saturated heterocycles. The van der Waals surface area contributed by atoms with Crippen LogP contribution in [0.25, 0.3) is 0 Å². The number of benzene rings is 1. The van der Waals surface area contributed by atoms with Gasteiger partial charge in [-0.25, -0.2) is 9.59 Å². The quantitative estimate of drug-likeness (QED) is 0.821. The first kappa shape index (κ1) is 14.8. The van der Waals surface area contributed by atoms with Crippen molar-refractivity contribution in [3.63, 3.8) is 0 Å². The van der Waals surface area contributed by atoms with E-state index in [1.165, 1.54) is 12.0 Å². The van der Waals surface area contributed by atoms with Crippen LogP contribution in [0.5, 0.6) is 0 Å². The molecule has 1 aliphatic heterocycles. The second-order valence-electron chi connectivity index (χ2n) is 4.74. The normalized spacial score (nSPS) is 17.4. The molecule has 1 unspecified atom stereocenters. The molecule has 0 spiro atoms. The summed E-state index contributed by atoms with van der Waals surface area (Å²) in [6.07, 6.45) is 0.432. The Kier molecular flexibility index (Phi) is 4.42. The average molecular weight is 292 g/mol. The predicted octanol–water partition coefficient (Wildman–Crippen LogP) is 1.41. The van der Waals surface area contributed by atoms with E-state index in [1.54, 1.807) is 24.3 Å². The minimum Gasteiger partial charge on any atom is -0.481 e. The van der Waals surface area contributed by atoms with Crippen LogP contribution >= 0.6 is 0 Å². The summed E-state index contributed by atoms with van der Waals surface area (Å²) < 4.78 is 4.65. The number of nitrogens with zero attached hydrogens (tertiary/aromatic N) is 1. The summed E-state index contributed by atoms with van der Waals surface area (Å²) in [6.45, 7) is 0.546. The summed E-state index contributed by atoms with van der Waals surface area (Å²) >= 11 is 0. The lowest BCUT2D eigenvalue weighted by Gasteiger charge is -2.17. The van der Waals surface area contributed by atoms with Crippen LogP contribution in [0.1, 0.15) is 16.8 Å². The van der Waals surface area contributed by atoms with Gasteiger partial charge in [-0.3, -0.25) is 4.79 Å². The number of aliphatic carboxylic acids is 1. The number of likely N-dealkylation sites (tertiary alicyclic amines) is 1. The molecule has 1 atom stereocenters. The molecule has 0 radical (unpaired) electrons. The fourth-order valence-corrected chi connectivity index (χ4v) is 2.22. The van der Waals surface area contributed by atoms with Gasteiger partial charge in [0.25, 0.3) is 0 Å². The number of hydrogen-bond donors (Lipinski definition) is 2. The highest BCUT2D eigenvalue weighted by atomic mass is 16.5. The summed E-state index contributed by atoms with van der Waals surface area (Å²) in [5.74, 6) is -1.98. The molecule has 1 aromatic carbocycles. The van der Waals surface area contributed by atoms with Crippen molar-refractivity contribution in [1.29, 1.82) is 0 Å². The second kappa shape index (κ2) is 6.25. The van der Waals surface area contributed by atoms with E-state index < -0.39 is 23.9 Å². The van der Waals surface area contributed by atoms with E-state index in [4.69, 9.17) is 5.11 Å². The van der Waals surface area contributed by atoms with E-state index in [9.17, 15) is 14.4 Å². The van der Waals surface area contributed by atoms with Crippen LogP contribution in [0, 0.1) is 5.92 Å². The van der Waals surface area contributed by atoms with E-state index in [1.807, 2.05) is 0 Å². The van der Waals surface area contributed by atoms with E-state index in [-0.39, 0.29) is 12.1 Å². The highest BCUT2D eigenvalue weighted by molar-refractivity contribution is 6.00. The first-order valence-electron chi connectivity index (χ1n) is 6.49. The Balaban J connectivity index is 2.07. The van der Waals surface area contributed by atoms with Crippen molar-refractivity contribution in [2.24, 2.45) is 5.92 Å². The van der Waals surface area contributed by atoms with Gasteiger partial charge in [-0.15, -0.1) is 0 Å². The van der Waals surface area contributed by atoms with Gasteiger partial charge in [-0.1, -0.05) is 12.1 Å². The zero-order valence-electron chi connectivity index (χ0n) is 11.5. The molecule has 0 bridgehead atoms. The number of nitrogens with one attached hydrogen (secondary N) is 1. The number of methoxy groups -OCH3 is 1. The largest absolute Gasteiger partial charge is 0.481 e. The molecule has 2 amide bonds. The lowest BCUT2D eigenvalue weighted by Crippen LogP contribution is -2.34. The molecule has 1 heterocycles. The van der Waals surface area contributed by atoms with E-state index in [0.717, 1.165) is 0 Å². The van der Waals surface area contributed by atoms with Crippen molar-refractivity contribution in [3.05, 3.63) is 29.8 Å². The van der Waals surface area contributed by atoms with E-state index in [2.05, 4.69) is 10.1 Å². The third kappa shape index (κ3) is 3.31. The summed E-state index contributed by atoms with van der Waals surface area (Å²) in [7, 11) is 1.26. The Morgan fingerprint density at radius 1 is 1.33 bits per heavy atom. The van der Waals surface area contributed by atoms with Gasteiger partial charge in [0, 0.05) is 13.1 Å². The maximum absolute atomic E-state index is 12.1. The van der Waals surface area contributed by atoms with Crippen LogP contribution in [0.2, 0.25) is 0 Å². The van der Waals surface area contributed by atoms with Crippen molar-refractivity contribution in [2.45, 2.75) is 6.42 Å². The summed E-state index contributed by atoms with van der Waals surface area (Å²) in [6, 6.07) is 6.07. The van der Waals surface area contributed by atoms with Crippen molar-refractivity contribution >= 4 is 23.7 Å². The maximum atomic E-state index is 12.1. The molecular formula is C14H16N2O5. The number of carbonyl (C=O) groups excluding carboxylic acids is 2. The van der Waals surface area contributed by atoms with Crippen molar-refractivity contribution in [1.82, 2.24) is 4.90 Å². The Bertz CT molecular complexity index is 572. The second-order valence-corrected chi connectivity index (χ2v) is 4.74. The van der Waals surface area contributed by atoms with Gasteiger partial charge in [-0.05, 0) is 18.6 Å². The van der Waals surface area contributed by atoms with Crippen LogP contribution in [-0.4, -0.2) is 48.2 Å². The number of rotatable bonds is 3. The SMILES string of the molecule is COC(=O)c1ccccc1NC(=O)N1CCC(C(=O)O)C1. The molecule has 0 aliphatic carbocycles. The molecule has 1 aromatic rings. The minimum absolute atomic E-state index is 0.168. The van der Waals surface area contributed by atoms with E-state index >= 15 is 0 Å². The van der Waals surface area contributed by atoms with Crippen LogP contribution in [0.15, 0.2) is 24.3 Å². The van der Waals surface area contributed by atoms with Crippen LogP contribution in [-0.2, 0) is 9.53 Å². The smallest absolute Gasteiger partial charge is 0.339 e. The molecule has 2 rings (SSSR count). The minimum atomic E-state index is -0.903. The lowest BCUT2D eigenvalue weighted by atomic mass is 10.1. The molecule has 1 aliphatic rings. The zero-order chi connectivity index (χ0) is 15.4. The molecule has 112 valence electrons. The van der Waals surface area contributed by atoms with Crippen LogP contribution in [0.4, 0.5) is 10.5 Å². The fraction of sp³-hybridized carbons (Fsp3) is 0.357. The number of para-hydroxylation sites is 1. The third-order valence-electron chi connectivity index (χ3n) is 3.40. The molecule has 2 N–H and O–H groups in total. The molecule has 1 fully saturated rings.